The Hall–Kier alpha value is -0.900. The van der Waals surface area contributed by atoms with E-state index < -0.39 is 0 Å². The number of hydrogen-bond donors (Lipinski definition) is 1. The number of carbonyl (C=O) groups is 1. The molecule has 0 aliphatic carbocycles. The minimum absolute atomic E-state index is 0.00380. The fraction of sp³-hybridized carbons (Fsp3) is 0.714. The van der Waals surface area contributed by atoms with Crippen LogP contribution >= 0.6 is 0 Å². The van der Waals surface area contributed by atoms with E-state index in [-0.39, 0.29) is 12.5 Å². The standard InChI is InChI=1S/C7H12N2O2/c1-2-6-5-7(11)9(8-6)3-4-10/h10H,2-5H2,1H3. The first-order chi connectivity index (χ1) is 5.27. The number of rotatable bonds is 3. The van der Waals surface area contributed by atoms with E-state index in [0.717, 1.165) is 12.1 Å². The molecule has 0 fully saturated rings. The first-order valence-corrected chi connectivity index (χ1v) is 3.75. The highest BCUT2D eigenvalue weighted by Crippen LogP contribution is 2.08. The van der Waals surface area contributed by atoms with Gasteiger partial charge in [0.25, 0.3) is 0 Å². The van der Waals surface area contributed by atoms with Crippen molar-refractivity contribution in [2.45, 2.75) is 19.8 Å². The van der Waals surface area contributed by atoms with Gasteiger partial charge in [0, 0.05) is 5.71 Å². The van der Waals surface area contributed by atoms with Gasteiger partial charge in [0.05, 0.1) is 19.6 Å². The summed E-state index contributed by atoms with van der Waals surface area (Å²) in [4.78, 5) is 11.0. The van der Waals surface area contributed by atoms with Crippen LogP contribution in [0, 0.1) is 0 Å². The van der Waals surface area contributed by atoms with Gasteiger partial charge in [-0.2, -0.15) is 5.10 Å². The second kappa shape index (κ2) is 3.48. The molecule has 1 heterocycles. The van der Waals surface area contributed by atoms with Crippen molar-refractivity contribution in [3.05, 3.63) is 0 Å². The van der Waals surface area contributed by atoms with Gasteiger partial charge in [-0.05, 0) is 6.42 Å². The second-order valence-corrected chi connectivity index (χ2v) is 2.44. The van der Waals surface area contributed by atoms with Gasteiger partial charge in [0.15, 0.2) is 0 Å². The molecule has 0 aromatic carbocycles. The van der Waals surface area contributed by atoms with Gasteiger partial charge in [0.1, 0.15) is 0 Å². The zero-order chi connectivity index (χ0) is 8.27. The number of hydrogen-bond acceptors (Lipinski definition) is 3. The number of nitrogens with zero attached hydrogens (tertiary/aromatic N) is 2. The Labute approximate surface area is 65.5 Å². The van der Waals surface area contributed by atoms with Gasteiger partial charge in [-0.25, -0.2) is 5.01 Å². The largest absolute Gasteiger partial charge is 0.394 e. The zero-order valence-electron chi connectivity index (χ0n) is 6.58. The van der Waals surface area contributed by atoms with Crippen molar-refractivity contribution < 1.29 is 9.90 Å². The lowest BCUT2D eigenvalue weighted by Gasteiger charge is -2.07. The van der Waals surface area contributed by atoms with Crippen LogP contribution in [-0.2, 0) is 4.79 Å². The number of amides is 1. The second-order valence-electron chi connectivity index (χ2n) is 2.44. The van der Waals surface area contributed by atoms with E-state index in [2.05, 4.69) is 5.10 Å². The third kappa shape index (κ3) is 1.77. The van der Waals surface area contributed by atoms with Gasteiger partial charge in [-0.15, -0.1) is 0 Å². The summed E-state index contributed by atoms with van der Waals surface area (Å²) in [6.45, 7) is 2.27. The Kier molecular flexibility index (Phi) is 2.59. The summed E-state index contributed by atoms with van der Waals surface area (Å²) < 4.78 is 0. The molecule has 1 N–H and O–H groups in total. The molecule has 11 heavy (non-hydrogen) atoms. The highest BCUT2D eigenvalue weighted by Gasteiger charge is 2.21. The van der Waals surface area contributed by atoms with Crippen LogP contribution in [0.15, 0.2) is 5.10 Å². The summed E-state index contributed by atoms with van der Waals surface area (Å²) >= 11 is 0. The van der Waals surface area contributed by atoms with Crippen LogP contribution in [0.1, 0.15) is 19.8 Å². The third-order valence-corrected chi connectivity index (χ3v) is 1.63. The lowest BCUT2D eigenvalue weighted by Crippen LogP contribution is -2.23. The third-order valence-electron chi connectivity index (χ3n) is 1.63. The fourth-order valence-electron chi connectivity index (χ4n) is 0.993. The van der Waals surface area contributed by atoms with E-state index in [1.165, 1.54) is 5.01 Å². The molecular formula is C7H12N2O2. The first kappa shape index (κ1) is 8.20. The van der Waals surface area contributed by atoms with E-state index in [4.69, 9.17) is 5.11 Å². The van der Waals surface area contributed by atoms with Crippen molar-refractivity contribution in [1.29, 1.82) is 0 Å². The van der Waals surface area contributed by atoms with Crippen molar-refractivity contribution in [3.63, 3.8) is 0 Å². The van der Waals surface area contributed by atoms with Crippen LogP contribution in [0.4, 0.5) is 0 Å². The van der Waals surface area contributed by atoms with Crippen molar-refractivity contribution in [3.8, 4) is 0 Å². The maximum absolute atomic E-state index is 11.0. The Morgan fingerprint density at radius 1 is 1.73 bits per heavy atom. The lowest BCUT2D eigenvalue weighted by molar-refractivity contribution is -0.129. The van der Waals surface area contributed by atoms with E-state index in [9.17, 15) is 4.79 Å². The molecule has 0 radical (unpaired) electrons. The van der Waals surface area contributed by atoms with Crippen LogP contribution in [0.3, 0.4) is 0 Å². The monoisotopic (exact) mass is 156 g/mol. The summed E-state index contributed by atoms with van der Waals surface area (Å²) in [6.07, 6.45) is 1.24. The molecule has 4 nitrogen and oxygen atoms in total. The van der Waals surface area contributed by atoms with Crippen molar-refractivity contribution in [1.82, 2.24) is 5.01 Å². The molecule has 0 bridgehead atoms. The van der Waals surface area contributed by atoms with Crippen molar-refractivity contribution in [2.75, 3.05) is 13.2 Å². The smallest absolute Gasteiger partial charge is 0.248 e. The number of aliphatic hydroxyl groups excluding tert-OH is 1. The Bertz CT molecular complexity index is 189. The summed E-state index contributed by atoms with van der Waals surface area (Å²) in [5, 5.41) is 13.9. The topological polar surface area (TPSA) is 52.9 Å². The van der Waals surface area contributed by atoms with Crippen molar-refractivity contribution in [2.24, 2.45) is 5.10 Å². The van der Waals surface area contributed by atoms with E-state index in [1.807, 2.05) is 6.92 Å². The number of β-amino-alcohol motifs (C(OH)–C–C–N with tert-alkyl or cyclic N) is 1. The highest BCUT2D eigenvalue weighted by molar-refractivity contribution is 6.04. The molecule has 0 spiro atoms. The van der Waals surface area contributed by atoms with Crippen LogP contribution in [0.25, 0.3) is 0 Å². The maximum Gasteiger partial charge on any atom is 0.248 e. The molecule has 0 saturated heterocycles. The average Bonchev–Trinajstić information content (AvgIpc) is 2.33. The van der Waals surface area contributed by atoms with E-state index in [0.29, 0.717) is 13.0 Å². The van der Waals surface area contributed by atoms with Gasteiger partial charge in [0.2, 0.25) is 5.91 Å². The van der Waals surface area contributed by atoms with Crippen LogP contribution in [-0.4, -0.2) is 34.9 Å². The number of aliphatic hydroxyl groups is 1. The van der Waals surface area contributed by atoms with Gasteiger partial charge >= 0.3 is 0 Å². The first-order valence-electron chi connectivity index (χ1n) is 3.75. The predicted molar refractivity (Wildman–Crippen MR) is 41.1 cm³/mol. The number of hydrazone groups is 1. The van der Waals surface area contributed by atoms with Crippen LogP contribution < -0.4 is 0 Å². The van der Waals surface area contributed by atoms with Crippen LogP contribution in [0.2, 0.25) is 0 Å². The minimum Gasteiger partial charge on any atom is -0.394 e. The zero-order valence-corrected chi connectivity index (χ0v) is 6.58. The fourth-order valence-corrected chi connectivity index (χ4v) is 0.993. The molecule has 0 atom stereocenters. The quantitative estimate of drug-likeness (QED) is 0.624. The molecule has 62 valence electrons. The Morgan fingerprint density at radius 2 is 2.45 bits per heavy atom. The van der Waals surface area contributed by atoms with Crippen LogP contribution in [0.5, 0.6) is 0 Å². The summed E-state index contributed by atoms with van der Waals surface area (Å²) in [5.74, 6) is -0.00380. The summed E-state index contributed by atoms with van der Waals surface area (Å²) in [7, 11) is 0. The molecule has 1 aliphatic heterocycles. The summed E-state index contributed by atoms with van der Waals surface area (Å²) in [6, 6.07) is 0. The van der Waals surface area contributed by atoms with E-state index >= 15 is 0 Å². The molecule has 1 aliphatic rings. The highest BCUT2D eigenvalue weighted by atomic mass is 16.3. The molecular weight excluding hydrogens is 144 g/mol. The predicted octanol–water partition coefficient (Wildman–Crippen LogP) is -0.0230. The Morgan fingerprint density at radius 3 is 2.91 bits per heavy atom. The Balaban J connectivity index is 2.53. The molecule has 4 heteroatoms. The molecule has 1 rings (SSSR count). The molecule has 0 aromatic heterocycles. The normalized spacial score (nSPS) is 17.5. The minimum atomic E-state index is -0.0216. The summed E-state index contributed by atoms with van der Waals surface area (Å²) in [5.41, 5.74) is 0.906. The molecule has 1 amide bonds. The SMILES string of the molecule is CCC1=NN(CCO)C(=O)C1. The molecule has 0 aromatic rings. The van der Waals surface area contributed by atoms with Crippen molar-refractivity contribution >= 4 is 11.6 Å². The van der Waals surface area contributed by atoms with Gasteiger partial charge in [-0.1, -0.05) is 6.92 Å². The molecule has 0 unspecified atom stereocenters. The lowest BCUT2D eigenvalue weighted by atomic mass is 10.2. The molecule has 0 saturated carbocycles. The number of carbonyl (C=O) groups excluding carboxylic acids is 1. The van der Waals surface area contributed by atoms with Gasteiger partial charge in [-0.3, -0.25) is 4.79 Å². The maximum atomic E-state index is 11.0. The van der Waals surface area contributed by atoms with Gasteiger partial charge < -0.3 is 5.11 Å². The van der Waals surface area contributed by atoms with E-state index in [1.54, 1.807) is 0 Å². The average molecular weight is 156 g/mol.